The van der Waals surface area contributed by atoms with Crippen molar-refractivity contribution in [1.82, 2.24) is 10.2 Å². The average Bonchev–Trinajstić information content (AvgIpc) is 2.90. The van der Waals surface area contributed by atoms with Crippen LogP contribution in [0.25, 0.3) is 0 Å². The van der Waals surface area contributed by atoms with Crippen molar-refractivity contribution in [2.24, 2.45) is 0 Å². The number of rotatable bonds is 5. The summed E-state index contributed by atoms with van der Waals surface area (Å²) in [6, 6.07) is 10.8. The smallest absolute Gasteiger partial charge is 0.252 e. The van der Waals surface area contributed by atoms with E-state index < -0.39 is 0 Å². The number of amides is 2. The maximum Gasteiger partial charge on any atom is 0.252 e. The molecule has 22 heavy (non-hydrogen) atoms. The summed E-state index contributed by atoms with van der Waals surface area (Å²) in [7, 11) is 1.66. The number of furan rings is 1. The molecule has 0 unspecified atom stereocenters. The predicted octanol–water partition coefficient (Wildman–Crippen LogP) is 3.04. The van der Waals surface area contributed by atoms with Gasteiger partial charge in [0.25, 0.3) is 5.91 Å². The Labute approximate surface area is 150 Å². The molecule has 1 N–H and O–H groups in total. The SMILES string of the molecule is CN(Cc1ccc(Br)o1)C(=O)CNC(=O)c1ccccc1I. The predicted molar refractivity (Wildman–Crippen MR) is 94.4 cm³/mol. The molecule has 2 amide bonds. The largest absolute Gasteiger partial charge is 0.452 e. The van der Waals surface area contributed by atoms with Crippen LogP contribution in [0, 0.1) is 3.57 Å². The molecule has 0 bridgehead atoms. The van der Waals surface area contributed by atoms with E-state index in [1.807, 2.05) is 12.1 Å². The molecule has 1 aromatic heterocycles. The van der Waals surface area contributed by atoms with E-state index in [2.05, 4.69) is 43.8 Å². The minimum absolute atomic E-state index is 0.0534. The van der Waals surface area contributed by atoms with E-state index in [1.54, 1.807) is 31.3 Å². The van der Waals surface area contributed by atoms with Crippen molar-refractivity contribution >= 4 is 50.3 Å². The molecule has 0 radical (unpaired) electrons. The first-order chi connectivity index (χ1) is 10.5. The minimum Gasteiger partial charge on any atom is -0.452 e. The van der Waals surface area contributed by atoms with Crippen LogP contribution < -0.4 is 5.32 Å². The summed E-state index contributed by atoms with van der Waals surface area (Å²) >= 11 is 5.30. The van der Waals surface area contributed by atoms with Crippen molar-refractivity contribution in [1.29, 1.82) is 0 Å². The molecule has 0 aliphatic heterocycles. The number of benzene rings is 1. The fraction of sp³-hybridized carbons (Fsp3) is 0.200. The van der Waals surface area contributed by atoms with Crippen molar-refractivity contribution in [3.63, 3.8) is 0 Å². The normalized spacial score (nSPS) is 10.3. The zero-order valence-corrected chi connectivity index (χ0v) is 15.5. The van der Waals surface area contributed by atoms with Crippen molar-refractivity contribution in [3.05, 3.63) is 56.0 Å². The van der Waals surface area contributed by atoms with Gasteiger partial charge in [-0.3, -0.25) is 9.59 Å². The molecule has 2 rings (SSSR count). The summed E-state index contributed by atoms with van der Waals surface area (Å²) in [4.78, 5) is 25.6. The van der Waals surface area contributed by atoms with E-state index in [0.717, 1.165) is 3.57 Å². The quantitative estimate of drug-likeness (QED) is 0.674. The zero-order chi connectivity index (χ0) is 16.1. The lowest BCUT2D eigenvalue weighted by molar-refractivity contribution is -0.129. The summed E-state index contributed by atoms with van der Waals surface area (Å²) < 4.78 is 6.82. The van der Waals surface area contributed by atoms with E-state index in [1.165, 1.54) is 4.90 Å². The van der Waals surface area contributed by atoms with Crippen LogP contribution >= 0.6 is 38.5 Å². The Hall–Kier alpha value is -1.35. The van der Waals surface area contributed by atoms with Crippen molar-refractivity contribution in [2.75, 3.05) is 13.6 Å². The molecule has 0 saturated carbocycles. The number of carbonyl (C=O) groups is 2. The highest BCUT2D eigenvalue weighted by Crippen LogP contribution is 2.15. The Morgan fingerprint density at radius 2 is 2.00 bits per heavy atom. The average molecular weight is 477 g/mol. The number of nitrogens with one attached hydrogen (secondary N) is 1. The number of hydrogen-bond acceptors (Lipinski definition) is 3. The van der Waals surface area contributed by atoms with Crippen molar-refractivity contribution in [3.8, 4) is 0 Å². The van der Waals surface area contributed by atoms with Gasteiger partial charge in [0.15, 0.2) is 4.67 Å². The highest BCUT2D eigenvalue weighted by Gasteiger charge is 2.14. The third-order valence-corrected chi connectivity index (χ3v) is 4.33. The van der Waals surface area contributed by atoms with Gasteiger partial charge in [0, 0.05) is 10.6 Å². The van der Waals surface area contributed by atoms with Gasteiger partial charge in [0.05, 0.1) is 18.7 Å². The van der Waals surface area contributed by atoms with Gasteiger partial charge in [-0.05, 0) is 62.8 Å². The molecule has 116 valence electrons. The lowest BCUT2D eigenvalue weighted by Crippen LogP contribution is -2.38. The van der Waals surface area contributed by atoms with Crippen LogP contribution in [0.15, 0.2) is 45.5 Å². The maximum absolute atomic E-state index is 12.0. The van der Waals surface area contributed by atoms with Crippen LogP contribution in [0.5, 0.6) is 0 Å². The summed E-state index contributed by atoms with van der Waals surface area (Å²) in [6.45, 7) is 0.297. The molecule has 0 spiro atoms. The van der Waals surface area contributed by atoms with Gasteiger partial charge in [-0.1, -0.05) is 12.1 Å². The van der Waals surface area contributed by atoms with Crippen molar-refractivity contribution in [2.45, 2.75) is 6.54 Å². The molecule has 0 fully saturated rings. The fourth-order valence-electron chi connectivity index (χ4n) is 1.79. The third kappa shape index (κ3) is 4.57. The monoisotopic (exact) mass is 476 g/mol. The van der Waals surface area contributed by atoms with Crippen LogP contribution in [0.1, 0.15) is 16.1 Å². The van der Waals surface area contributed by atoms with Crippen LogP contribution in [0.3, 0.4) is 0 Å². The lowest BCUT2D eigenvalue weighted by atomic mass is 10.2. The van der Waals surface area contributed by atoms with E-state index in [4.69, 9.17) is 4.42 Å². The Morgan fingerprint density at radius 3 is 2.64 bits per heavy atom. The van der Waals surface area contributed by atoms with Crippen LogP contribution in [0.4, 0.5) is 0 Å². The van der Waals surface area contributed by atoms with Gasteiger partial charge >= 0.3 is 0 Å². The summed E-state index contributed by atoms with van der Waals surface area (Å²) in [6.07, 6.45) is 0. The molecule has 0 aliphatic carbocycles. The van der Waals surface area contributed by atoms with E-state index in [-0.39, 0.29) is 18.4 Å². The molecule has 5 nitrogen and oxygen atoms in total. The second-order valence-corrected chi connectivity index (χ2v) is 6.56. The molecule has 1 aromatic carbocycles. The van der Waals surface area contributed by atoms with Gasteiger partial charge in [0.2, 0.25) is 5.91 Å². The number of hydrogen-bond donors (Lipinski definition) is 1. The summed E-state index contributed by atoms with van der Waals surface area (Å²) in [5.74, 6) is 0.228. The first-order valence-electron chi connectivity index (χ1n) is 6.48. The second-order valence-electron chi connectivity index (χ2n) is 4.62. The van der Waals surface area contributed by atoms with Gasteiger partial charge < -0.3 is 14.6 Å². The topological polar surface area (TPSA) is 62.6 Å². The lowest BCUT2D eigenvalue weighted by Gasteiger charge is -2.16. The molecule has 0 atom stereocenters. The van der Waals surface area contributed by atoms with E-state index in [0.29, 0.717) is 22.5 Å². The van der Waals surface area contributed by atoms with Crippen LogP contribution in [-0.4, -0.2) is 30.3 Å². The molecule has 0 aliphatic rings. The Bertz CT molecular complexity index is 687. The Kier molecular flexibility index (Phi) is 6.01. The summed E-state index contributed by atoms with van der Waals surface area (Å²) in [5.41, 5.74) is 0.563. The Morgan fingerprint density at radius 1 is 1.27 bits per heavy atom. The van der Waals surface area contributed by atoms with Crippen molar-refractivity contribution < 1.29 is 14.0 Å². The first-order valence-corrected chi connectivity index (χ1v) is 8.35. The van der Waals surface area contributed by atoms with Gasteiger partial charge in [-0.15, -0.1) is 0 Å². The molecule has 2 aromatic rings. The second kappa shape index (κ2) is 7.77. The highest BCUT2D eigenvalue weighted by molar-refractivity contribution is 14.1. The standard InChI is InChI=1S/C15H14BrIN2O3/c1-19(9-10-6-7-13(16)22-10)14(20)8-18-15(21)11-4-2-3-5-12(11)17/h2-7H,8-9H2,1H3,(H,18,21). The molecule has 7 heteroatoms. The third-order valence-electron chi connectivity index (χ3n) is 2.97. The highest BCUT2D eigenvalue weighted by atomic mass is 127. The summed E-state index contributed by atoms with van der Waals surface area (Å²) in [5, 5.41) is 2.64. The molecular weight excluding hydrogens is 463 g/mol. The van der Waals surface area contributed by atoms with Gasteiger partial charge in [-0.2, -0.15) is 0 Å². The number of likely N-dealkylation sites (N-methyl/N-ethyl adjacent to an activating group) is 1. The molecule has 1 heterocycles. The van der Waals surface area contributed by atoms with E-state index >= 15 is 0 Å². The van der Waals surface area contributed by atoms with E-state index in [9.17, 15) is 9.59 Å². The van der Waals surface area contributed by atoms with Gasteiger partial charge in [-0.25, -0.2) is 0 Å². The molecular formula is C15H14BrIN2O3. The minimum atomic E-state index is -0.257. The molecule has 0 saturated heterocycles. The van der Waals surface area contributed by atoms with Crippen LogP contribution in [-0.2, 0) is 11.3 Å². The zero-order valence-electron chi connectivity index (χ0n) is 11.8. The first kappa shape index (κ1) is 17.0. The Balaban J connectivity index is 1.87. The van der Waals surface area contributed by atoms with Gasteiger partial charge in [0.1, 0.15) is 5.76 Å². The number of halogens is 2. The fourth-order valence-corrected chi connectivity index (χ4v) is 2.76. The number of carbonyl (C=O) groups excluding carboxylic acids is 2. The van der Waals surface area contributed by atoms with Crippen LogP contribution in [0.2, 0.25) is 0 Å². The maximum atomic E-state index is 12.0. The number of nitrogens with zero attached hydrogens (tertiary/aromatic N) is 1.